The molecule has 2 unspecified atom stereocenters. The first-order valence-electron chi connectivity index (χ1n) is 10.6. The third-order valence-corrected chi connectivity index (χ3v) is 5.55. The van der Waals surface area contributed by atoms with Gasteiger partial charge in [0.2, 0.25) is 0 Å². The molecule has 1 fully saturated rings. The van der Waals surface area contributed by atoms with Gasteiger partial charge in [0.15, 0.2) is 11.5 Å². The minimum absolute atomic E-state index is 0.00439. The normalized spacial score (nSPS) is 18.7. The topological polar surface area (TPSA) is 44.8 Å². The summed E-state index contributed by atoms with van der Waals surface area (Å²) in [6, 6.07) is 5.99. The van der Waals surface area contributed by atoms with Gasteiger partial charge >= 0.3 is 5.97 Å². The number of ether oxygens (including phenoxy) is 3. The molecular weight excluding hydrogens is 340 g/mol. The lowest BCUT2D eigenvalue weighted by molar-refractivity contribution is -0.185. The monoisotopic (exact) mass is 376 g/mol. The van der Waals surface area contributed by atoms with Gasteiger partial charge in [0.1, 0.15) is 6.10 Å². The maximum Gasteiger partial charge on any atom is 0.313 e. The summed E-state index contributed by atoms with van der Waals surface area (Å²) in [5.41, 5.74) is 1.18. The number of carbonyl (C=O) groups excluding carboxylic acids is 1. The molecule has 0 radical (unpaired) electrons. The molecular formula is C23H36O4. The lowest BCUT2D eigenvalue weighted by Crippen LogP contribution is -2.45. The lowest BCUT2D eigenvalue weighted by atomic mass is 9.87. The average molecular weight is 377 g/mol. The summed E-state index contributed by atoms with van der Waals surface area (Å²) in [5, 5.41) is 0. The van der Waals surface area contributed by atoms with E-state index < -0.39 is 0 Å². The number of benzene rings is 1. The highest BCUT2D eigenvalue weighted by atomic mass is 16.6. The van der Waals surface area contributed by atoms with E-state index >= 15 is 0 Å². The number of aryl methyl sites for hydroxylation is 1. The van der Waals surface area contributed by atoms with Gasteiger partial charge in [-0.1, -0.05) is 64.4 Å². The first-order valence-corrected chi connectivity index (χ1v) is 10.6. The predicted molar refractivity (Wildman–Crippen MR) is 108 cm³/mol. The van der Waals surface area contributed by atoms with E-state index in [-0.39, 0.29) is 18.0 Å². The Balaban J connectivity index is 1.66. The smallest absolute Gasteiger partial charge is 0.313 e. The van der Waals surface area contributed by atoms with Crippen molar-refractivity contribution in [2.24, 2.45) is 5.92 Å². The van der Waals surface area contributed by atoms with Crippen LogP contribution in [0, 0.1) is 5.92 Å². The molecule has 1 aliphatic heterocycles. The minimum Gasteiger partial charge on any atom is -0.493 e. The molecule has 1 saturated heterocycles. The number of cyclic esters (lactones) is 1. The fraction of sp³-hybridized carbons (Fsp3) is 0.696. The van der Waals surface area contributed by atoms with Crippen LogP contribution in [0.25, 0.3) is 0 Å². The third-order valence-electron chi connectivity index (χ3n) is 5.55. The molecule has 152 valence electrons. The Morgan fingerprint density at radius 3 is 2.19 bits per heavy atom. The Kier molecular flexibility index (Phi) is 9.51. The van der Waals surface area contributed by atoms with Gasteiger partial charge in [-0.15, -0.1) is 0 Å². The van der Waals surface area contributed by atoms with E-state index in [1.165, 1.54) is 50.5 Å². The van der Waals surface area contributed by atoms with Crippen molar-refractivity contribution in [3.8, 4) is 11.5 Å². The summed E-state index contributed by atoms with van der Waals surface area (Å²) in [6.45, 7) is 2.25. The summed E-state index contributed by atoms with van der Waals surface area (Å²) in [4.78, 5) is 11.8. The number of carbonyl (C=O) groups is 1. The lowest BCUT2D eigenvalue weighted by Gasteiger charge is -2.35. The van der Waals surface area contributed by atoms with Crippen LogP contribution < -0.4 is 9.47 Å². The molecule has 0 aromatic heterocycles. The Hall–Kier alpha value is -1.71. The standard InChI is InChI=1S/C23H36O4/c1-4-5-6-7-8-9-10-11-12-19-20(27-23(19)24)15-13-18-14-16-21(25-2)22(17-18)26-3/h14,16-17,19-20H,4-13,15H2,1-3H3. The van der Waals surface area contributed by atoms with Crippen LogP contribution in [-0.2, 0) is 16.0 Å². The van der Waals surface area contributed by atoms with Gasteiger partial charge in [-0.2, -0.15) is 0 Å². The number of rotatable bonds is 14. The number of hydrogen-bond donors (Lipinski definition) is 0. The van der Waals surface area contributed by atoms with Gasteiger partial charge in [-0.3, -0.25) is 4.79 Å². The second kappa shape index (κ2) is 11.9. The van der Waals surface area contributed by atoms with Crippen molar-refractivity contribution < 1.29 is 19.0 Å². The number of methoxy groups -OCH3 is 2. The summed E-state index contributed by atoms with van der Waals surface area (Å²) < 4.78 is 16.0. The van der Waals surface area contributed by atoms with Crippen LogP contribution in [0.2, 0.25) is 0 Å². The van der Waals surface area contributed by atoms with Gasteiger partial charge in [-0.05, 0) is 37.0 Å². The van der Waals surface area contributed by atoms with Crippen molar-refractivity contribution >= 4 is 5.97 Å². The maximum absolute atomic E-state index is 11.8. The van der Waals surface area contributed by atoms with Crippen LogP contribution in [0.5, 0.6) is 11.5 Å². The van der Waals surface area contributed by atoms with E-state index in [1.807, 2.05) is 12.1 Å². The van der Waals surface area contributed by atoms with E-state index in [2.05, 4.69) is 13.0 Å². The Bertz CT molecular complexity index is 569. The zero-order chi connectivity index (χ0) is 19.5. The van der Waals surface area contributed by atoms with E-state index in [1.54, 1.807) is 14.2 Å². The zero-order valence-corrected chi connectivity index (χ0v) is 17.3. The second-order valence-corrected chi connectivity index (χ2v) is 7.57. The minimum atomic E-state index is -0.00439. The second-order valence-electron chi connectivity index (χ2n) is 7.57. The van der Waals surface area contributed by atoms with Crippen LogP contribution in [0.1, 0.15) is 76.7 Å². The Morgan fingerprint density at radius 1 is 0.889 bits per heavy atom. The maximum atomic E-state index is 11.8. The molecule has 1 aromatic rings. The van der Waals surface area contributed by atoms with E-state index in [9.17, 15) is 4.79 Å². The van der Waals surface area contributed by atoms with E-state index in [0.717, 1.165) is 37.2 Å². The van der Waals surface area contributed by atoms with Crippen molar-refractivity contribution in [1.82, 2.24) is 0 Å². The van der Waals surface area contributed by atoms with E-state index in [4.69, 9.17) is 14.2 Å². The average Bonchev–Trinajstić information content (AvgIpc) is 2.69. The van der Waals surface area contributed by atoms with Crippen molar-refractivity contribution in [1.29, 1.82) is 0 Å². The summed E-state index contributed by atoms with van der Waals surface area (Å²) in [7, 11) is 3.29. The van der Waals surface area contributed by atoms with Gasteiger partial charge in [-0.25, -0.2) is 0 Å². The van der Waals surface area contributed by atoms with Crippen molar-refractivity contribution in [2.45, 2.75) is 83.7 Å². The molecule has 0 aliphatic carbocycles. The quantitative estimate of drug-likeness (QED) is 0.308. The fourth-order valence-electron chi connectivity index (χ4n) is 3.81. The van der Waals surface area contributed by atoms with E-state index in [0.29, 0.717) is 0 Å². The largest absolute Gasteiger partial charge is 0.493 e. The molecule has 0 amide bonds. The number of hydrogen-bond acceptors (Lipinski definition) is 4. The summed E-state index contributed by atoms with van der Waals surface area (Å²) >= 11 is 0. The van der Waals surface area contributed by atoms with Crippen LogP contribution in [-0.4, -0.2) is 26.3 Å². The van der Waals surface area contributed by atoms with Crippen molar-refractivity contribution in [3.05, 3.63) is 23.8 Å². The third kappa shape index (κ3) is 6.75. The van der Waals surface area contributed by atoms with Gasteiger partial charge in [0, 0.05) is 0 Å². The summed E-state index contributed by atoms with van der Waals surface area (Å²) in [6.07, 6.45) is 13.2. The molecule has 4 heteroatoms. The molecule has 4 nitrogen and oxygen atoms in total. The summed E-state index contributed by atoms with van der Waals surface area (Å²) in [5.74, 6) is 1.58. The highest BCUT2D eigenvalue weighted by molar-refractivity contribution is 5.78. The fourth-order valence-corrected chi connectivity index (χ4v) is 3.81. The zero-order valence-electron chi connectivity index (χ0n) is 17.3. The molecule has 0 N–H and O–H groups in total. The number of unbranched alkanes of at least 4 members (excludes halogenated alkanes) is 7. The van der Waals surface area contributed by atoms with Crippen LogP contribution in [0.3, 0.4) is 0 Å². The molecule has 0 bridgehead atoms. The SMILES string of the molecule is CCCCCCCCCCC1C(=O)OC1CCc1ccc(OC)c(OC)c1. The van der Waals surface area contributed by atoms with Gasteiger partial charge in [0.05, 0.1) is 20.1 Å². The molecule has 27 heavy (non-hydrogen) atoms. The highest BCUT2D eigenvalue weighted by Gasteiger charge is 2.41. The highest BCUT2D eigenvalue weighted by Crippen LogP contribution is 2.33. The molecule has 0 saturated carbocycles. The molecule has 0 spiro atoms. The first-order chi connectivity index (χ1) is 13.2. The van der Waals surface area contributed by atoms with Crippen LogP contribution in [0.15, 0.2) is 18.2 Å². The molecule has 1 aliphatic rings. The Morgan fingerprint density at radius 2 is 1.56 bits per heavy atom. The van der Waals surface area contributed by atoms with Crippen molar-refractivity contribution in [2.75, 3.05) is 14.2 Å². The van der Waals surface area contributed by atoms with Crippen LogP contribution in [0.4, 0.5) is 0 Å². The molecule has 1 heterocycles. The van der Waals surface area contributed by atoms with Crippen LogP contribution >= 0.6 is 0 Å². The predicted octanol–water partition coefficient (Wildman–Crippen LogP) is 5.71. The number of esters is 1. The molecule has 1 aromatic carbocycles. The molecule has 2 rings (SSSR count). The van der Waals surface area contributed by atoms with Crippen molar-refractivity contribution in [3.63, 3.8) is 0 Å². The van der Waals surface area contributed by atoms with Gasteiger partial charge < -0.3 is 14.2 Å². The first kappa shape index (κ1) is 21.6. The molecule has 2 atom stereocenters. The Labute approximate surface area is 164 Å². The van der Waals surface area contributed by atoms with Gasteiger partial charge in [0.25, 0.3) is 0 Å².